The first-order chi connectivity index (χ1) is 7.58. The molecule has 0 aromatic heterocycles. The van der Waals surface area contributed by atoms with E-state index in [0.717, 1.165) is 10.5 Å². The molecule has 88 valence electrons. The average Bonchev–Trinajstić information content (AvgIpc) is 2.30. The fourth-order valence-electron chi connectivity index (χ4n) is 1.25. The smallest absolute Gasteiger partial charge is 0.171 e. The van der Waals surface area contributed by atoms with E-state index in [2.05, 4.69) is 5.16 Å². The number of aliphatic hydroxyl groups excluding tert-OH is 1. The van der Waals surface area contributed by atoms with Crippen LogP contribution in [0.25, 0.3) is 0 Å². The van der Waals surface area contributed by atoms with Crippen LogP contribution in [0.4, 0.5) is 0 Å². The Morgan fingerprint density at radius 3 is 2.81 bits per heavy atom. The quantitative estimate of drug-likeness (QED) is 0.245. The highest BCUT2D eigenvalue weighted by Gasteiger charge is 2.11. The molecule has 0 fully saturated rings. The van der Waals surface area contributed by atoms with Crippen molar-refractivity contribution in [3.63, 3.8) is 0 Å². The molecule has 0 aliphatic rings. The number of nitrogens with two attached hydrogens (primary N) is 1. The van der Waals surface area contributed by atoms with Gasteiger partial charge in [0.05, 0.1) is 6.61 Å². The van der Waals surface area contributed by atoms with Gasteiger partial charge in [0.2, 0.25) is 0 Å². The molecule has 5 heteroatoms. The Bertz CT molecular complexity index is 394. The Labute approximate surface area is 99.2 Å². The predicted molar refractivity (Wildman–Crippen MR) is 66.1 cm³/mol. The first-order valence-electron chi connectivity index (χ1n) is 4.94. The second-order valence-electron chi connectivity index (χ2n) is 3.60. The number of oxime groups is 1. The molecule has 0 aliphatic heterocycles. The summed E-state index contributed by atoms with van der Waals surface area (Å²) in [5, 5.41) is 20.8. The molecule has 16 heavy (non-hydrogen) atoms. The molecular weight excluding hydrogens is 224 g/mol. The Hall–Kier alpha value is -1.20. The van der Waals surface area contributed by atoms with Crippen LogP contribution in [0.2, 0.25) is 0 Å². The first-order valence-corrected chi connectivity index (χ1v) is 5.82. The minimum Gasteiger partial charge on any atom is -0.409 e. The lowest BCUT2D eigenvalue weighted by Gasteiger charge is -2.12. The van der Waals surface area contributed by atoms with E-state index >= 15 is 0 Å². The van der Waals surface area contributed by atoms with Crippen molar-refractivity contribution >= 4 is 17.6 Å². The lowest BCUT2D eigenvalue weighted by molar-refractivity contribution is 0.300. The SMILES string of the molecule is Cc1ccc(SC(C)CO)c(/C(N)=N/O)c1. The van der Waals surface area contributed by atoms with E-state index in [1.165, 1.54) is 11.8 Å². The maximum absolute atomic E-state index is 9.01. The summed E-state index contributed by atoms with van der Waals surface area (Å²) >= 11 is 1.50. The van der Waals surface area contributed by atoms with Gasteiger partial charge >= 0.3 is 0 Å². The lowest BCUT2D eigenvalue weighted by atomic mass is 10.1. The summed E-state index contributed by atoms with van der Waals surface area (Å²) in [5.41, 5.74) is 7.35. The number of hydrogen-bond donors (Lipinski definition) is 3. The minimum absolute atomic E-state index is 0.0768. The molecule has 0 saturated carbocycles. The zero-order chi connectivity index (χ0) is 12.1. The second-order valence-corrected chi connectivity index (χ2v) is 5.08. The van der Waals surface area contributed by atoms with E-state index in [4.69, 9.17) is 16.0 Å². The molecule has 0 amide bonds. The van der Waals surface area contributed by atoms with Crippen molar-refractivity contribution in [2.75, 3.05) is 6.61 Å². The number of aryl methyl sites for hydroxylation is 1. The van der Waals surface area contributed by atoms with Crippen molar-refractivity contribution in [1.82, 2.24) is 0 Å². The maximum Gasteiger partial charge on any atom is 0.171 e. The fraction of sp³-hybridized carbons (Fsp3) is 0.364. The first kappa shape index (κ1) is 12.9. The average molecular weight is 240 g/mol. The zero-order valence-electron chi connectivity index (χ0n) is 9.34. The van der Waals surface area contributed by atoms with Gasteiger partial charge in [0.15, 0.2) is 5.84 Å². The lowest BCUT2D eigenvalue weighted by Crippen LogP contribution is -2.15. The van der Waals surface area contributed by atoms with Crippen LogP contribution >= 0.6 is 11.8 Å². The number of rotatable bonds is 4. The van der Waals surface area contributed by atoms with Crippen molar-refractivity contribution < 1.29 is 10.3 Å². The van der Waals surface area contributed by atoms with Crippen LogP contribution < -0.4 is 5.73 Å². The van der Waals surface area contributed by atoms with Gasteiger partial charge in [0.25, 0.3) is 0 Å². The molecule has 0 saturated heterocycles. The molecule has 1 atom stereocenters. The fourth-order valence-corrected chi connectivity index (χ4v) is 2.20. The number of nitrogens with zero attached hydrogens (tertiary/aromatic N) is 1. The van der Waals surface area contributed by atoms with Gasteiger partial charge in [-0.2, -0.15) is 0 Å². The number of thioether (sulfide) groups is 1. The van der Waals surface area contributed by atoms with E-state index in [9.17, 15) is 0 Å². The van der Waals surface area contributed by atoms with Crippen molar-refractivity contribution in [2.24, 2.45) is 10.9 Å². The highest BCUT2D eigenvalue weighted by molar-refractivity contribution is 8.00. The molecule has 1 unspecified atom stereocenters. The Morgan fingerprint density at radius 2 is 2.25 bits per heavy atom. The van der Waals surface area contributed by atoms with Crippen molar-refractivity contribution in [3.05, 3.63) is 29.3 Å². The van der Waals surface area contributed by atoms with Crippen LogP contribution in [-0.2, 0) is 0 Å². The molecule has 0 bridgehead atoms. The molecule has 1 rings (SSSR count). The highest BCUT2D eigenvalue weighted by Crippen LogP contribution is 2.27. The van der Waals surface area contributed by atoms with Crippen molar-refractivity contribution in [1.29, 1.82) is 0 Å². The molecule has 0 spiro atoms. The van der Waals surface area contributed by atoms with Crippen LogP contribution in [0, 0.1) is 6.92 Å². The van der Waals surface area contributed by atoms with E-state index in [-0.39, 0.29) is 17.7 Å². The summed E-state index contributed by atoms with van der Waals surface area (Å²) in [5.74, 6) is 0.0938. The molecule has 4 N–H and O–H groups in total. The van der Waals surface area contributed by atoms with Gasteiger partial charge in [-0.1, -0.05) is 23.7 Å². The molecular formula is C11H16N2O2S. The van der Waals surface area contributed by atoms with Crippen LogP contribution in [-0.4, -0.2) is 28.0 Å². The molecule has 4 nitrogen and oxygen atoms in total. The number of aliphatic hydroxyl groups is 1. The third kappa shape index (κ3) is 3.15. The van der Waals surface area contributed by atoms with E-state index < -0.39 is 0 Å². The Morgan fingerprint density at radius 1 is 1.56 bits per heavy atom. The summed E-state index contributed by atoms with van der Waals surface area (Å²) < 4.78 is 0. The van der Waals surface area contributed by atoms with Gasteiger partial charge in [-0.15, -0.1) is 11.8 Å². The van der Waals surface area contributed by atoms with Crippen LogP contribution in [0.5, 0.6) is 0 Å². The van der Waals surface area contributed by atoms with Crippen LogP contribution in [0.3, 0.4) is 0 Å². The zero-order valence-corrected chi connectivity index (χ0v) is 10.2. The number of benzene rings is 1. The summed E-state index contributed by atoms with van der Waals surface area (Å²) in [6.45, 7) is 3.95. The van der Waals surface area contributed by atoms with Gasteiger partial charge < -0.3 is 16.0 Å². The standard InChI is InChI=1S/C11H16N2O2S/c1-7-3-4-10(16-8(2)6-14)9(5-7)11(12)13-15/h3-5,8,14-15H,6H2,1-2H3,(H2,12,13). The summed E-state index contributed by atoms with van der Waals surface area (Å²) in [6, 6.07) is 5.74. The molecule has 1 aromatic rings. The third-order valence-corrected chi connectivity index (χ3v) is 3.27. The van der Waals surface area contributed by atoms with Crippen molar-refractivity contribution in [3.8, 4) is 0 Å². The number of hydrogen-bond acceptors (Lipinski definition) is 4. The van der Waals surface area contributed by atoms with Crippen LogP contribution in [0.1, 0.15) is 18.1 Å². The Balaban J connectivity index is 3.08. The molecule has 0 heterocycles. The van der Waals surface area contributed by atoms with Gasteiger partial charge in [-0.3, -0.25) is 0 Å². The normalized spacial score (nSPS) is 13.8. The Kier molecular flexibility index (Phi) is 4.64. The minimum atomic E-state index is 0.0768. The number of amidine groups is 1. The summed E-state index contributed by atoms with van der Waals surface area (Å²) in [7, 11) is 0. The third-order valence-electron chi connectivity index (χ3n) is 2.10. The maximum atomic E-state index is 9.01. The molecule has 0 aliphatic carbocycles. The van der Waals surface area contributed by atoms with Gasteiger partial charge in [0, 0.05) is 15.7 Å². The summed E-state index contributed by atoms with van der Waals surface area (Å²) in [4.78, 5) is 0.905. The van der Waals surface area contributed by atoms with Gasteiger partial charge in [-0.25, -0.2) is 0 Å². The largest absolute Gasteiger partial charge is 0.409 e. The van der Waals surface area contributed by atoms with Crippen molar-refractivity contribution in [2.45, 2.75) is 24.0 Å². The van der Waals surface area contributed by atoms with E-state index in [1.807, 2.05) is 32.0 Å². The summed E-state index contributed by atoms with van der Waals surface area (Å²) in [6.07, 6.45) is 0. The molecule has 0 radical (unpaired) electrons. The topological polar surface area (TPSA) is 78.8 Å². The van der Waals surface area contributed by atoms with Crippen LogP contribution in [0.15, 0.2) is 28.3 Å². The monoisotopic (exact) mass is 240 g/mol. The van der Waals surface area contributed by atoms with Gasteiger partial charge in [-0.05, 0) is 19.1 Å². The van der Waals surface area contributed by atoms with Gasteiger partial charge in [0.1, 0.15) is 0 Å². The van der Waals surface area contributed by atoms with E-state index in [1.54, 1.807) is 0 Å². The highest BCUT2D eigenvalue weighted by atomic mass is 32.2. The second kappa shape index (κ2) is 5.77. The molecule has 1 aromatic carbocycles. The van der Waals surface area contributed by atoms with E-state index in [0.29, 0.717) is 5.56 Å². The predicted octanol–water partition coefficient (Wildman–Crippen LogP) is 1.56.